The Balaban J connectivity index is 1.48. The van der Waals surface area contributed by atoms with Gasteiger partial charge in [-0.15, -0.1) is 0 Å². The van der Waals surface area contributed by atoms with Crippen LogP contribution in [-0.2, 0) is 5.41 Å². The highest BCUT2D eigenvalue weighted by Gasteiger charge is 2.51. The van der Waals surface area contributed by atoms with Gasteiger partial charge in [0.15, 0.2) is 0 Å². The summed E-state index contributed by atoms with van der Waals surface area (Å²) < 4.78 is 0. The molecule has 2 aliphatic rings. The molecule has 0 bridgehead atoms. The Kier molecular flexibility index (Phi) is 4.24. The normalized spacial score (nSPS) is 13.6. The molecular formula is C37H24. The third-order valence-corrected chi connectivity index (χ3v) is 8.30. The fourth-order valence-electron chi connectivity index (χ4n) is 6.77. The predicted molar refractivity (Wildman–Crippen MR) is 154 cm³/mol. The summed E-state index contributed by atoms with van der Waals surface area (Å²) in [6.07, 6.45) is 0. The van der Waals surface area contributed by atoms with E-state index in [1.165, 1.54) is 66.8 Å². The van der Waals surface area contributed by atoms with Gasteiger partial charge in [-0.1, -0.05) is 133 Å². The van der Waals surface area contributed by atoms with Crippen molar-refractivity contribution in [1.82, 2.24) is 0 Å². The molecule has 0 atom stereocenters. The zero-order valence-electron chi connectivity index (χ0n) is 20.4. The third-order valence-electron chi connectivity index (χ3n) is 8.30. The Morgan fingerprint density at radius 3 is 1.11 bits per heavy atom. The van der Waals surface area contributed by atoms with Crippen LogP contribution in [0.2, 0.25) is 0 Å². The van der Waals surface area contributed by atoms with E-state index in [0.717, 1.165) is 0 Å². The van der Waals surface area contributed by atoms with Crippen LogP contribution in [0.1, 0.15) is 22.3 Å². The van der Waals surface area contributed by atoms with Crippen LogP contribution in [-0.4, -0.2) is 0 Å². The van der Waals surface area contributed by atoms with E-state index in [2.05, 4.69) is 146 Å². The van der Waals surface area contributed by atoms with Gasteiger partial charge in [0.2, 0.25) is 0 Å². The first-order valence-electron chi connectivity index (χ1n) is 13.0. The van der Waals surface area contributed by atoms with Crippen LogP contribution in [0.5, 0.6) is 0 Å². The predicted octanol–water partition coefficient (Wildman–Crippen LogP) is 9.36. The van der Waals surface area contributed by atoms with Crippen molar-refractivity contribution in [3.8, 4) is 44.5 Å². The summed E-state index contributed by atoms with van der Waals surface area (Å²) in [5.74, 6) is 0. The Morgan fingerprint density at radius 1 is 0.270 bits per heavy atom. The highest BCUT2D eigenvalue weighted by Crippen LogP contribution is 2.63. The van der Waals surface area contributed by atoms with E-state index >= 15 is 0 Å². The molecule has 0 saturated carbocycles. The maximum Gasteiger partial charge on any atom is 0.0725 e. The zero-order valence-corrected chi connectivity index (χ0v) is 20.4. The molecule has 6 aromatic carbocycles. The SMILES string of the molecule is c1ccc(-c2ccc3c(c2)-c2cc(-c4ccccc4)ccc2C32c3ccccc3-c3ccccc32)cc1. The highest BCUT2D eigenvalue weighted by atomic mass is 14.5. The molecule has 0 unspecified atom stereocenters. The van der Waals surface area contributed by atoms with Crippen molar-refractivity contribution in [2.45, 2.75) is 5.41 Å². The Hall–Kier alpha value is -4.68. The van der Waals surface area contributed by atoms with Crippen molar-refractivity contribution >= 4 is 0 Å². The van der Waals surface area contributed by atoms with Crippen LogP contribution < -0.4 is 0 Å². The molecule has 0 aliphatic heterocycles. The molecule has 0 radical (unpaired) electrons. The average molecular weight is 469 g/mol. The molecule has 0 nitrogen and oxygen atoms in total. The summed E-state index contributed by atoms with van der Waals surface area (Å²) in [7, 11) is 0. The summed E-state index contributed by atoms with van der Waals surface area (Å²) in [6, 6.07) is 53.7. The molecule has 37 heavy (non-hydrogen) atoms. The highest BCUT2D eigenvalue weighted by molar-refractivity contribution is 5.97. The lowest BCUT2D eigenvalue weighted by Gasteiger charge is -2.30. The minimum atomic E-state index is -0.303. The second kappa shape index (κ2) is 7.66. The van der Waals surface area contributed by atoms with E-state index in [0.29, 0.717) is 0 Å². The van der Waals surface area contributed by atoms with Crippen molar-refractivity contribution in [3.05, 3.63) is 168 Å². The molecule has 172 valence electrons. The second-order valence-electron chi connectivity index (χ2n) is 10.1. The molecule has 0 N–H and O–H groups in total. The van der Waals surface area contributed by atoms with Gasteiger partial charge in [0.05, 0.1) is 5.41 Å². The Bertz CT molecular complexity index is 1670. The van der Waals surface area contributed by atoms with Crippen molar-refractivity contribution in [2.75, 3.05) is 0 Å². The van der Waals surface area contributed by atoms with Crippen LogP contribution >= 0.6 is 0 Å². The van der Waals surface area contributed by atoms with Gasteiger partial charge in [0, 0.05) is 0 Å². The van der Waals surface area contributed by atoms with Gasteiger partial charge in [-0.3, -0.25) is 0 Å². The lowest BCUT2D eigenvalue weighted by Crippen LogP contribution is -2.25. The van der Waals surface area contributed by atoms with Gasteiger partial charge in [0.1, 0.15) is 0 Å². The zero-order chi connectivity index (χ0) is 24.4. The van der Waals surface area contributed by atoms with Crippen molar-refractivity contribution in [1.29, 1.82) is 0 Å². The molecular weight excluding hydrogens is 444 g/mol. The van der Waals surface area contributed by atoms with Gasteiger partial charge in [-0.2, -0.15) is 0 Å². The number of rotatable bonds is 2. The second-order valence-corrected chi connectivity index (χ2v) is 10.1. The average Bonchev–Trinajstić information content (AvgIpc) is 3.44. The largest absolute Gasteiger partial charge is 0.0725 e. The van der Waals surface area contributed by atoms with Crippen molar-refractivity contribution < 1.29 is 0 Å². The first-order valence-corrected chi connectivity index (χ1v) is 13.0. The molecule has 0 fully saturated rings. The topological polar surface area (TPSA) is 0 Å². The third kappa shape index (κ3) is 2.73. The van der Waals surface area contributed by atoms with Crippen molar-refractivity contribution in [2.24, 2.45) is 0 Å². The maximum absolute atomic E-state index is 2.41. The molecule has 6 aromatic rings. The smallest absolute Gasteiger partial charge is 0.0622 e. The van der Waals surface area contributed by atoms with E-state index in [4.69, 9.17) is 0 Å². The summed E-state index contributed by atoms with van der Waals surface area (Å²) >= 11 is 0. The van der Waals surface area contributed by atoms with Crippen molar-refractivity contribution in [3.63, 3.8) is 0 Å². The summed E-state index contributed by atoms with van der Waals surface area (Å²) in [5.41, 5.74) is 15.6. The van der Waals surface area contributed by atoms with Crippen LogP contribution in [0.25, 0.3) is 44.5 Å². The molecule has 1 spiro atoms. The summed E-state index contributed by atoms with van der Waals surface area (Å²) in [6.45, 7) is 0. The van der Waals surface area contributed by atoms with E-state index in [1.54, 1.807) is 0 Å². The molecule has 0 heterocycles. The van der Waals surface area contributed by atoms with E-state index in [-0.39, 0.29) is 5.41 Å². The number of hydrogen-bond acceptors (Lipinski definition) is 0. The van der Waals surface area contributed by atoms with E-state index < -0.39 is 0 Å². The fourth-order valence-corrected chi connectivity index (χ4v) is 6.77. The van der Waals surface area contributed by atoms with E-state index in [9.17, 15) is 0 Å². The van der Waals surface area contributed by atoms with Gasteiger partial charge >= 0.3 is 0 Å². The maximum atomic E-state index is 2.41. The van der Waals surface area contributed by atoms with Crippen LogP contribution in [0.3, 0.4) is 0 Å². The molecule has 0 heteroatoms. The minimum Gasteiger partial charge on any atom is -0.0622 e. The molecule has 2 aliphatic carbocycles. The summed E-state index contributed by atoms with van der Waals surface area (Å²) in [5, 5.41) is 0. The Morgan fingerprint density at radius 2 is 0.649 bits per heavy atom. The number of hydrogen-bond donors (Lipinski definition) is 0. The summed E-state index contributed by atoms with van der Waals surface area (Å²) in [4.78, 5) is 0. The lowest BCUT2D eigenvalue weighted by atomic mass is 9.70. The monoisotopic (exact) mass is 468 g/mol. The molecule has 8 rings (SSSR count). The first-order chi connectivity index (χ1) is 18.4. The molecule has 0 amide bonds. The van der Waals surface area contributed by atoms with Gasteiger partial charge in [-0.05, 0) is 78.9 Å². The first kappa shape index (κ1) is 20.5. The molecule has 0 saturated heterocycles. The molecule has 0 aromatic heterocycles. The number of benzene rings is 6. The Labute approximate surface area is 217 Å². The van der Waals surface area contributed by atoms with Crippen LogP contribution in [0.15, 0.2) is 146 Å². The van der Waals surface area contributed by atoms with Gasteiger partial charge in [0.25, 0.3) is 0 Å². The van der Waals surface area contributed by atoms with Crippen LogP contribution in [0.4, 0.5) is 0 Å². The number of fused-ring (bicyclic) bond motifs is 10. The van der Waals surface area contributed by atoms with Gasteiger partial charge in [-0.25, -0.2) is 0 Å². The van der Waals surface area contributed by atoms with E-state index in [1.807, 2.05) is 0 Å². The quantitative estimate of drug-likeness (QED) is 0.237. The van der Waals surface area contributed by atoms with Gasteiger partial charge < -0.3 is 0 Å². The lowest BCUT2D eigenvalue weighted by molar-refractivity contribution is 0.794. The fraction of sp³-hybridized carbons (Fsp3) is 0.0270. The van der Waals surface area contributed by atoms with Crippen LogP contribution in [0, 0.1) is 0 Å². The minimum absolute atomic E-state index is 0.303. The standard InChI is InChI=1S/C37H24/c1-3-11-25(12-4-1)27-19-21-35-31(23-27)32-24-28(26-13-5-2-6-14-26)20-22-36(32)37(35)33-17-9-7-15-29(33)30-16-8-10-18-34(30)37/h1-24H.